The molecule has 28 heavy (non-hydrogen) atoms. The Hall–Kier alpha value is -2.95. The molecule has 2 aromatic rings. The van der Waals surface area contributed by atoms with E-state index in [1.54, 1.807) is 0 Å². The maximum atomic E-state index is 12.1. The van der Waals surface area contributed by atoms with Gasteiger partial charge in [-0.25, -0.2) is 0 Å². The highest BCUT2D eigenvalue weighted by molar-refractivity contribution is 7.99. The molecule has 11 heteroatoms. The van der Waals surface area contributed by atoms with Crippen LogP contribution in [0.1, 0.15) is 53.8 Å². The summed E-state index contributed by atoms with van der Waals surface area (Å²) in [5.41, 5.74) is 4.48. The number of hydrazine groups is 1. The molecule has 2 N–H and O–H groups in total. The fraction of sp³-hybridized carbons (Fsp3) is 0.412. The second-order valence-electron chi connectivity index (χ2n) is 6.81. The molecule has 1 heterocycles. The molecule has 2 aliphatic carbocycles. The van der Waals surface area contributed by atoms with E-state index in [0.717, 1.165) is 42.7 Å². The first-order valence-electron chi connectivity index (χ1n) is 8.94. The van der Waals surface area contributed by atoms with Crippen LogP contribution >= 0.6 is 11.8 Å². The quantitative estimate of drug-likeness (QED) is 0.411. The Kier molecular flexibility index (Phi) is 4.99. The molecule has 146 valence electrons. The van der Waals surface area contributed by atoms with Gasteiger partial charge in [-0.2, -0.15) is 0 Å². The Morgan fingerprint density at radius 1 is 1.21 bits per heavy atom. The van der Waals surface area contributed by atoms with Crippen LogP contribution in [0.15, 0.2) is 29.4 Å². The van der Waals surface area contributed by atoms with E-state index in [-0.39, 0.29) is 17.0 Å². The van der Waals surface area contributed by atoms with Crippen molar-refractivity contribution in [1.29, 1.82) is 0 Å². The maximum Gasteiger partial charge on any atom is 0.270 e. The third-order valence-corrected chi connectivity index (χ3v) is 5.46. The van der Waals surface area contributed by atoms with Crippen LogP contribution in [0.4, 0.5) is 5.69 Å². The summed E-state index contributed by atoms with van der Waals surface area (Å²) in [6.45, 7) is 0. The van der Waals surface area contributed by atoms with Crippen LogP contribution in [0, 0.1) is 10.1 Å². The van der Waals surface area contributed by atoms with Crippen LogP contribution in [0.5, 0.6) is 0 Å². The van der Waals surface area contributed by atoms with Crippen LogP contribution in [-0.4, -0.2) is 37.3 Å². The molecule has 2 fully saturated rings. The number of carbonyl (C=O) groups is 2. The standard InChI is InChI=1S/C17H18N6O4S/c24-14(18-20-16(25)11-2-1-3-13(8-11)23(26)27)9-28-17-21-19-15(10-4-5-10)22(17)12-6-7-12/h1-3,8,10,12H,4-7,9H2,(H,18,24)(H,20,25). The third kappa shape index (κ3) is 4.14. The van der Waals surface area contributed by atoms with Gasteiger partial charge in [-0.15, -0.1) is 10.2 Å². The molecule has 2 amide bonds. The number of nitro groups is 1. The number of hydrogen-bond donors (Lipinski definition) is 2. The summed E-state index contributed by atoms with van der Waals surface area (Å²) < 4.78 is 2.15. The van der Waals surface area contributed by atoms with Gasteiger partial charge in [0.25, 0.3) is 11.6 Å². The summed E-state index contributed by atoms with van der Waals surface area (Å²) in [7, 11) is 0. The molecule has 0 atom stereocenters. The summed E-state index contributed by atoms with van der Waals surface area (Å²) in [6, 6.07) is 5.71. The molecule has 10 nitrogen and oxygen atoms in total. The maximum absolute atomic E-state index is 12.1. The van der Waals surface area contributed by atoms with Crippen molar-refractivity contribution in [2.24, 2.45) is 0 Å². The first-order valence-corrected chi connectivity index (χ1v) is 9.92. The largest absolute Gasteiger partial charge is 0.303 e. The Bertz CT molecular complexity index is 937. The van der Waals surface area contributed by atoms with Crippen molar-refractivity contribution in [2.45, 2.75) is 42.8 Å². The van der Waals surface area contributed by atoms with Crippen LogP contribution in [-0.2, 0) is 4.79 Å². The van der Waals surface area contributed by atoms with Gasteiger partial charge in [-0.1, -0.05) is 17.8 Å². The fourth-order valence-electron chi connectivity index (χ4n) is 2.81. The van der Waals surface area contributed by atoms with Crippen LogP contribution in [0.25, 0.3) is 0 Å². The first kappa shape index (κ1) is 18.4. The molecular weight excluding hydrogens is 384 g/mol. The molecule has 0 spiro atoms. The Balaban J connectivity index is 1.30. The lowest BCUT2D eigenvalue weighted by atomic mass is 10.2. The van der Waals surface area contributed by atoms with E-state index >= 15 is 0 Å². The SMILES string of the molecule is O=C(CSc1nnc(C2CC2)n1C1CC1)NNC(=O)c1cccc([N+](=O)[O-])c1. The second kappa shape index (κ2) is 7.58. The predicted octanol–water partition coefficient (Wildman–Crippen LogP) is 1.95. The van der Waals surface area contributed by atoms with Crippen molar-refractivity contribution in [3.8, 4) is 0 Å². The molecule has 4 rings (SSSR count). The number of nitrogens with zero attached hydrogens (tertiary/aromatic N) is 4. The number of nitro benzene ring substituents is 1. The van der Waals surface area contributed by atoms with Crippen LogP contribution in [0.3, 0.4) is 0 Å². The van der Waals surface area contributed by atoms with Gasteiger partial charge in [-0.05, 0) is 31.7 Å². The smallest absolute Gasteiger partial charge is 0.270 e. The van der Waals surface area contributed by atoms with E-state index < -0.39 is 16.7 Å². The highest BCUT2D eigenvalue weighted by Crippen LogP contribution is 2.45. The molecule has 0 aliphatic heterocycles. The van der Waals surface area contributed by atoms with Gasteiger partial charge in [-0.3, -0.25) is 30.6 Å². The lowest BCUT2D eigenvalue weighted by Crippen LogP contribution is -2.42. The molecule has 2 saturated carbocycles. The lowest BCUT2D eigenvalue weighted by molar-refractivity contribution is -0.384. The Morgan fingerprint density at radius 3 is 2.68 bits per heavy atom. The minimum atomic E-state index is -0.626. The number of aromatic nitrogens is 3. The summed E-state index contributed by atoms with van der Waals surface area (Å²) in [5, 5.41) is 20.0. The minimum absolute atomic E-state index is 0.0741. The zero-order chi connectivity index (χ0) is 19.7. The van der Waals surface area contributed by atoms with Gasteiger partial charge < -0.3 is 4.57 Å². The van der Waals surface area contributed by atoms with Crippen molar-refractivity contribution in [3.63, 3.8) is 0 Å². The number of rotatable bonds is 7. The van der Waals surface area contributed by atoms with Gasteiger partial charge in [0, 0.05) is 29.7 Å². The van der Waals surface area contributed by atoms with E-state index in [4.69, 9.17) is 0 Å². The number of carbonyl (C=O) groups excluding carboxylic acids is 2. The number of benzene rings is 1. The van der Waals surface area contributed by atoms with E-state index in [1.807, 2.05) is 0 Å². The minimum Gasteiger partial charge on any atom is -0.303 e. The van der Waals surface area contributed by atoms with E-state index in [1.165, 1.54) is 30.0 Å². The van der Waals surface area contributed by atoms with Gasteiger partial charge in [0.05, 0.1) is 10.7 Å². The van der Waals surface area contributed by atoms with Gasteiger partial charge in [0.2, 0.25) is 5.91 Å². The number of nitrogens with one attached hydrogen (secondary N) is 2. The molecule has 2 aliphatic rings. The van der Waals surface area contributed by atoms with Gasteiger partial charge in [0.1, 0.15) is 5.82 Å². The topological polar surface area (TPSA) is 132 Å². The molecule has 0 radical (unpaired) electrons. The van der Waals surface area contributed by atoms with Crippen molar-refractivity contribution in [2.75, 3.05) is 5.75 Å². The molecule has 0 unspecified atom stereocenters. The summed E-state index contributed by atoms with van der Waals surface area (Å²) in [5.74, 6) is 0.557. The molecule has 1 aromatic carbocycles. The van der Waals surface area contributed by atoms with Crippen LogP contribution < -0.4 is 10.9 Å². The average Bonchev–Trinajstić information content (AvgIpc) is 3.63. The fourth-order valence-corrected chi connectivity index (χ4v) is 3.62. The lowest BCUT2D eigenvalue weighted by Gasteiger charge is -2.09. The zero-order valence-corrected chi connectivity index (χ0v) is 15.6. The highest BCUT2D eigenvalue weighted by Gasteiger charge is 2.36. The van der Waals surface area contributed by atoms with Gasteiger partial charge in [0.15, 0.2) is 5.16 Å². The highest BCUT2D eigenvalue weighted by atomic mass is 32.2. The summed E-state index contributed by atoms with van der Waals surface area (Å²) >= 11 is 1.28. The first-order chi connectivity index (χ1) is 13.5. The normalized spacial score (nSPS) is 15.9. The van der Waals surface area contributed by atoms with Gasteiger partial charge >= 0.3 is 0 Å². The summed E-state index contributed by atoms with van der Waals surface area (Å²) in [4.78, 5) is 34.3. The number of non-ortho nitro benzene ring substituents is 1. The monoisotopic (exact) mass is 402 g/mol. The van der Waals surface area contributed by atoms with Crippen molar-refractivity contribution < 1.29 is 14.5 Å². The second-order valence-corrected chi connectivity index (χ2v) is 7.76. The van der Waals surface area contributed by atoms with E-state index in [2.05, 4.69) is 25.6 Å². The Labute approximate surface area is 164 Å². The third-order valence-electron chi connectivity index (χ3n) is 4.51. The molecule has 1 aromatic heterocycles. The predicted molar refractivity (Wildman–Crippen MR) is 99.7 cm³/mol. The van der Waals surface area contributed by atoms with E-state index in [9.17, 15) is 19.7 Å². The molecular formula is C17H18N6O4S. The average molecular weight is 402 g/mol. The number of thioether (sulfide) groups is 1. The Morgan fingerprint density at radius 2 is 2.00 bits per heavy atom. The van der Waals surface area contributed by atoms with E-state index in [0.29, 0.717) is 12.0 Å². The molecule has 0 bridgehead atoms. The number of amides is 2. The van der Waals surface area contributed by atoms with Crippen molar-refractivity contribution >= 4 is 29.3 Å². The number of hydrogen-bond acceptors (Lipinski definition) is 7. The van der Waals surface area contributed by atoms with Crippen molar-refractivity contribution in [1.82, 2.24) is 25.6 Å². The van der Waals surface area contributed by atoms with Crippen LogP contribution in [0.2, 0.25) is 0 Å². The van der Waals surface area contributed by atoms with Crippen molar-refractivity contribution in [3.05, 3.63) is 45.8 Å². The summed E-state index contributed by atoms with van der Waals surface area (Å²) in [6.07, 6.45) is 4.49. The zero-order valence-electron chi connectivity index (χ0n) is 14.8. The molecule has 0 saturated heterocycles.